The van der Waals surface area contributed by atoms with Gasteiger partial charge in [0, 0.05) is 24.9 Å². The van der Waals surface area contributed by atoms with Crippen molar-refractivity contribution in [3.8, 4) is 0 Å². The summed E-state index contributed by atoms with van der Waals surface area (Å²) in [6.45, 7) is 0. The Hall–Kier alpha value is -3.23. The SMILES string of the molecule is COC(=O)c1cc(/C=N\Nc2ccc([N+](=O)[O-])cn2)cn1C. The van der Waals surface area contributed by atoms with E-state index in [0.717, 1.165) is 6.20 Å². The lowest BCUT2D eigenvalue weighted by Crippen LogP contribution is -2.06. The van der Waals surface area contributed by atoms with E-state index in [1.807, 2.05) is 0 Å². The molecule has 0 amide bonds. The normalized spacial score (nSPS) is 10.6. The molecule has 0 saturated heterocycles. The number of nitro groups is 1. The van der Waals surface area contributed by atoms with Crippen LogP contribution in [-0.4, -0.2) is 33.8 Å². The van der Waals surface area contributed by atoms with Gasteiger partial charge in [0.1, 0.15) is 17.7 Å². The van der Waals surface area contributed by atoms with Crippen molar-refractivity contribution >= 4 is 23.7 Å². The average Bonchev–Trinajstić information content (AvgIpc) is 2.88. The smallest absolute Gasteiger partial charge is 0.354 e. The third-order valence-corrected chi connectivity index (χ3v) is 2.77. The monoisotopic (exact) mass is 303 g/mol. The zero-order chi connectivity index (χ0) is 16.1. The van der Waals surface area contributed by atoms with Gasteiger partial charge in [0.2, 0.25) is 0 Å². The number of methoxy groups -OCH3 is 1. The second-order valence-electron chi connectivity index (χ2n) is 4.29. The predicted octanol–water partition coefficient (Wildman–Crippen LogP) is 1.56. The van der Waals surface area contributed by atoms with Gasteiger partial charge in [-0.05, 0) is 12.1 Å². The zero-order valence-electron chi connectivity index (χ0n) is 11.9. The van der Waals surface area contributed by atoms with Crippen molar-refractivity contribution < 1.29 is 14.5 Å². The summed E-state index contributed by atoms with van der Waals surface area (Å²) in [4.78, 5) is 25.3. The van der Waals surface area contributed by atoms with Gasteiger partial charge >= 0.3 is 5.97 Å². The van der Waals surface area contributed by atoms with Crippen molar-refractivity contribution in [2.75, 3.05) is 12.5 Å². The molecule has 1 N–H and O–H groups in total. The van der Waals surface area contributed by atoms with E-state index in [1.54, 1.807) is 23.9 Å². The fraction of sp³-hybridized carbons (Fsp3) is 0.154. The Morgan fingerprint density at radius 1 is 1.55 bits per heavy atom. The van der Waals surface area contributed by atoms with Crippen LogP contribution in [0.3, 0.4) is 0 Å². The second kappa shape index (κ2) is 6.48. The number of pyridine rings is 1. The van der Waals surface area contributed by atoms with Crippen molar-refractivity contribution in [3.63, 3.8) is 0 Å². The number of nitrogens with one attached hydrogen (secondary N) is 1. The van der Waals surface area contributed by atoms with E-state index in [9.17, 15) is 14.9 Å². The van der Waals surface area contributed by atoms with Gasteiger partial charge in [-0.3, -0.25) is 15.5 Å². The van der Waals surface area contributed by atoms with E-state index in [0.29, 0.717) is 17.1 Å². The van der Waals surface area contributed by atoms with Crippen LogP contribution in [0.1, 0.15) is 16.1 Å². The molecule has 0 aromatic carbocycles. The maximum absolute atomic E-state index is 11.5. The highest BCUT2D eigenvalue weighted by Gasteiger charge is 2.10. The van der Waals surface area contributed by atoms with Gasteiger partial charge in [-0.25, -0.2) is 9.78 Å². The number of carbonyl (C=O) groups excluding carboxylic acids is 1. The first kappa shape index (κ1) is 15.2. The van der Waals surface area contributed by atoms with Gasteiger partial charge < -0.3 is 9.30 Å². The Balaban J connectivity index is 2.03. The largest absolute Gasteiger partial charge is 0.464 e. The molecule has 0 atom stereocenters. The topological polar surface area (TPSA) is 112 Å². The molecule has 0 aliphatic heterocycles. The number of aryl methyl sites for hydroxylation is 1. The van der Waals surface area contributed by atoms with Gasteiger partial charge in [0.25, 0.3) is 5.69 Å². The Morgan fingerprint density at radius 3 is 2.91 bits per heavy atom. The number of hydrogen-bond acceptors (Lipinski definition) is 7. The molecule has 2 aromatic rings. The van der Waals surface area contributed by atoms with Gasteiger partial charge in [-0.2, -0.15) is 5.10 Å². The molecule has 0 aliphatic rings. The Bertz CT molecular complexity index is 721. The number of carbonyl (C=O) groups is 1. The van der Waals surface area contributed by atoms with Crippen molar-refractivity contribution in [1.82, 2.24) is 9.55 Å². The highest BCUT2D eigenvalue weighted by Crippen LogP contribution is 2.12. The summed E-state index contributed by atoms with van der Waals surface area (Å²) in [6, 6.07) is 4.39. The van der Waals surface area contributed by atoms with Crippen LogP contribution in [0.2, 0.25) is 0 Å². The number of hydrazone groups is 1. The Kier molecular flexibility index (Phi) is 4.47. The molecule has 2 heterocycles. The lowest BCUT2D eigenvalue weighted by atomic mass is 10.3. The van der Waals surface area contributed by atoms with Gasteiger partial charge in [0.15, 0.2) is 0 Å². The Labute approximate surface area is 125 Å². The molecule has 0 saturated carbocycles. The van der Waals surface area contributed by atoms with Crippen LogP contribution in [0.5, 0.6) is 0 Å². The molecule has 114 valence electrons. The van der Waals surface area contributed by atoms with E-state index >= 15 is 0 Å². The van der Waals surface area contributed by atoms with E-state index < -0.39 is 10.9 Å². The maximum atomic E-state index is 11.5. The quantitative estimate of drug-likeness (QED) is 0.388. The number of anilines is 1. The molecule has 22 heavy (non-hydrogen) atoms. The molecule has 2 aromatic heterocycles. The fourth-order valence-corrected chi connectivity index (χ4v) is 1.70. The van der Waals surface area contributed by atoms with Crippen LogP contribution in [-0.2, 0) is 11.8 Å². The van der Waals surface area contributed by atoms with E-state index in [4.69, 9.17) is 0 Å². The highest BCUT2D eigenvalue weighted by atomic mass is 16.6. The van der Waals surface area contributed by atoms with Crippen LogP contribution < -0.4 is 5.43 Å². The molecule has 0 unspecified atom stereocenters. The zero-order valence-corrected chi connectivity index (χ0v) is 11.9. The van der Waals surface area contributed by atoms with Crippen molar-refractivity contribution in [2.24, 2.45) is 12.1 Å². The first-order valence-electron chi connectivity index (χ1n) is 6.15. The lowest BCUT2D eigenvalue weighted by Gasteiger charge is -1.98. The molecular weight excluding hydrogens is 290 g/mol. The molecule has 0 radical (unpaired) electrons. The number of nitrogens with zero attached hydrogens (tertiary/aromatic N) is 4. The summed E-state index contributed by atoms with van der Waals surface area (Å²) < 4.78 is 6.27. The highest BCUT2D eigenvalue weighted by molar-refractivity contribution is 5.91. The van der Waals surface area contributed by atoms with Crippen LogP contribution in [0, 0.1) is 10.1 Å². The second-order valence-corrected chi connectivity index (χ2v) is 4.29. The average molecular weight is 303 g/mol. The summed E-state index contributed by atoms with van der Waals surface area (Å²) in [5.74, 6) is -0.0712. The van der Waals surface area contributed by atoms with Gasteiger partial charge in [-0.15, -0.1) is 0 Å². The Morgan fingerprint density at radius 2 is 2.32 bits per heavy atom. The molecule has 0 spiro atoms. The van der Waals surface area contributed by atoms with Crippen LogP contribution >= 0.6 is 0 Å². The number of rotatable bonds is 5. The first-order chi connectivity index (χ1) is 10.5. The van der Waals surface area contributed by atoms with Gasteiger partial charge in [-0.1, -0.05) is 0 Å². The summed E-state index contributed by atoms with van der Waals surface area (Å²) in [6.07, 6.45) is 4.34. The van der Waals surface area contributed by atoms with E-state index in [-0.39, 0.29) is 5.69 Å². The third-order valence-electron chi connectivity index (χ3n) is 2.77. The minimum Gasteiger partial charge on any atom is -0.464 e. The van der Waals surface area contributed by atoms with Crippen LogP contribution in [0.4, 0.5) is 11.5 Å². The summed E-state index contributed by atoms with van der Waals surface area (Å²) in [5.41, 5.74) is 3.64. The lowest BCUT2D eigenvalue weighted by molar-refractivity contribution is -0.385. The minimum absolute atomic E-state index is 0.0969. The first-order valence-corrected chi connectivity index (χ1v) is 6.15. The minimum atomic E-state index is -0.529. The molecule has 0 bridgehead atoms. The molecule has 0 fully saturated rings. The molecule has 2 rings (SSSR count). The van der Waals surface area contributed by atoms with Crippen molar-refractivity contribution in [2.45, 2.75) is 0 Å². The fourth-order valence-electron chi connectivity index (χ4n) is 1.70. The molecule has 9 heteroatoms. The van der Waals surface area contributed by atoms with Crippen molar-refractivity contribution in [1.29, 1.82) is 0 Å². The van der Waals surface area contributed by atoms with E-state index in [2.05, 4.69) is 20.2 Å². The number of esters is 1. The molecule has 0 aliphatic carbocycles. The number of hydrogen-bond donors (Lipinski definition) is 1. The third kappa shape index (κ3) is 3.45. The predicted molar refractivity (Wildman–Crippen MR) is 78.9 cm³/mol. The summed E-state index contributed by atoms with van der Waals surface area (Å²) in [5, 5.41) is 14.5. The van der Waals surface area contributed by atoms with Crippen LogP contribution in [0.15, 0.2) is 35.7 Å². The van der Waals surface area contributed by atoms with E-state index in [1.165, 1.54) is 25.5 Å². The summed E-state index contributed by atoms with van der Waals surface area (Å²) >= 11 is 0. The summed E-state index contributed by atoms with van der Waals surface area (Å²) in [7, 11) is 3.03. The van der Waals surface area contributed by atoms with Crippen LogP contribution in [0.25, 0.3) is 0 Å². The standard InChI is InChI=1S/C13H13N5O4/c1-17-8-9(5-11(17)13(19)22-2)6-15-16-12-4-3-10(7-14-12)18(20)21/h3-8H,1-2H3,(H,14,16)/b15-6-. The molecule has 9 nitrogen and oxygen atoms in total. The number of aromatic nitrogens is 2. The number of ether oxygens (including phenoxy) is 1. The van der Waals surface area contributed by atoms with Gasteiger partial charge in [0.05, 0.1) is 18.2 Å². The maximum Gasteiger partial charge on any atom is 0.354 e. The molecular formula is C13H13N5O4. The van der Waals surface area contributed by atoms with Crippen molar-refractivity contribution in [3.05, 3.63) is 52.0 Å².